The Morgan fingerprint density at radius 2 is 2.04 bits per heavy atom. The Hall–Kier alpha value is -2.69. The highest BCUT2D eigenvalue weighted by molar-refractivity contribution is 5.91. The van der Waals surface area contributed by atoms with Gasteiger partial charge in [0.2, 0.25) is 0 Å². The highest BCUT2D eigenvalue weighted by Gasteiger charge is 2.08. The number of nitrogens with zero attached hydrogens (tertiary/aromatic N) is 4. The lowest BCUT2D eigenvalue weighted by molar-refractivity contribution is 0.509. The van der Waals surface area contributed by atoms with Crippen LogP contribution in [0.25, 0.3) is 10.8 Å². The van der Waals surface area contributed by atoms with E-state index in [4.69, 9.17) is 0 Å². The molecule has 1 N–H and O–H groups in total. The number of aryl methyl sites for hydroxylation is 1. The molecule has 0 atom stereocenters. The Labute approximate surface area is 142 Å². The first-order chi connectivity index (χ1) is 11.6. The average Bonchev–Trinajstić information content (AvgIpc) is 2.82. The van der Waals surface area contributed by atoms with Crippen LogP contribution in [-0.4, -0.2) is 21.0 Å². The summed E-state index contributed by atoms with van der Waals surface area (Å²) in [5.41, 5.74) is 6.63. The van der Waals surface area contributed by atoms with Crippen LogP contribution in [0.2, 0.25) is 0 Å². The summed E-state index contributed by atoms with van der Waals surface area (Å²) in [6.45, 7) is 9.75. The second-order valence-electron chi connectivity index (χ2n) is 6.48. The third kappa shape index (κ3) is 3.30. The minimum absolute atomic E-state index is 0.615. The summed E-state index contributed by atoms with van der Waals surface area (Å²) in [5.74, 6) is 1.28. The van der Waals surface area contributed by atoms with Crippen LogP contribution >= 0.6 is 0 Å². The normalized spacial score (nSPS) is 11.7. The Morgan fingerprint density at radius 1 is 1.25 bits per heavy atom. The minimum Gasteiger partial charge on any atom is -0.348 e. The SMILES string of the molecule is Cc1cc(C=NNc2nncc3ccccc23)c(C)n1CC(C)C. The first-order valence-electron chi connectivity index (χ1n) is 8.22. The number of rotatable bonds is 5. The monoisotopic (exact) mass is 321 g/mol. The number of aromatic nitrogens is 3. The molecule has 0 amide bonds. The quantitative estimate of drug-likeness (QED) is 0.567. The van der Waals surface area contributed by atoms with Crippen LogP contribution in [0.3, 0.4) is 0 Å². The summed E-state index contributed by atoms with van der Waals surface area (Å²) in [6, 6.07) is 10.2. The summed E-state index contributed by atoms with van der Waals surface area (Å²) in [4.78, 5) is 0. The van der Waals surface area contributed by atoms with Gasteiger partial charge < -0.3 is 4.57 Å². The van der Waals surface area contributed by atoms with Gasteiger partial charge in [0.1, 0.15) is 0 Å². The van der Waals surface area contributed by atoms with E-state index in [1.165, 1.54) is 11.4 Å². The number of anilines is 1. The predicted octanol–water partition coefficient (Wildman–Crippen LogP) is 4.15. The molecule has 3 rings (SSSR count). The molecule has 5 heteroatoms. The largest absolute Gasteiger partial charge is 0.348 e. The Bertz CT molecular complexity index is 871. The van der Waals surface area contributed by atoms with Crippen molar-refractivity contribution in [1.82, 2.24) is 14.8 Å². The van der Waals surface area contributed by atoms with Gasteiger partial charge in [-0.05, 0) is 25.8 Å². The van der Waals surface area contributed by atoms with Gasteiger partial charge in [0.15, 0.2) is 5.82 Å². The van der Waals surface area contributed by atoms with E-state index in [2.05, 4.69) is 59.1 Å². The molecule has 0 spiro atoms. The molecule has 124 valence electrons. The number of hydrogen-bond acceptors (Lipinski definition) is 4. The molecule has 2 heterocycles. The van der Waals surface area contributed by atoms with Crippen LogP contribution in [0.4, 0.5) is 5.82 Å². The van der Waals surface area contributed by atoms with E-state index in [-0.39, 0.29) is 0 Å². The molecule has 5 nitrogen and oxygen atoms in total. The van der Waals surface area contributed by atoms with Gasteiger partial charge in [0, 0.05) is 34.3 Å². The topological polar surface area (TPSA) is 55.1 Å². The molecule has 0 bridgehead atoms. The van der Waals surface area contributed by atoms with Crippen LogP contribution in [0.5, 0.6) is 0 Å². The number of fused-ring (bicyclic) bond motifs is 1. The van der Waals surface area contributed by atoms with Gasteiger partial charge in [0.25, 0.3) is 0 Å². The molecule has 0 saturated carbocycles. The molecule has 1 aromatic carbocycles. The molecule has 0 aliphatic rings. The fourth-order valence-corrected chi connectivity index (χ4v) is 2.88. The predicted molar refractivity (Wildman–Crippen MR) is 99.5 cm³/mol. The van der Waals surface area contributed by atoms with Gasteiger partial charge >= 0.3 is 0 Å². The molecular formula is C19H23N5. The van der Waals surface area contributed by atoms with Crippen LogP contribution in [0.15, 0.2) is 41.6 Å². The molecule has 3 aromatic rings. The van der Waals surface area contributed by atoms with Gasteiger partial charge in [-0.25, -0.2) is 0 Å². The number of nitrogens with one attached hydrogen (secondary N) is 1. The van der Waals surface area contributed by atoms with E-state index in [9.17, 15) is 0 Å². The van der Waals surface area contributed by atoms with Gasteiger partial charge in [-0.1, -0.05) is 38.1 Å². The standard InChI is InChI=1S/C19H23N5/c1-13(2)12-24-14(3)9-17(15(24)4)11-21-23-19-18-8-6-5-7-16(18)10-20-22-19/h5-11,13H,12H2,1-4H3,(H,22,23). The van der Waals surface area contributed by atoms with E-state index in [0.717, 1.165) is 22.9 Å². The van der Waals surface area contributed by atoms with E-state index < -0.39 is 0 Å². The van der Waals surface area contributed by atoms with Gasteiger partial charge in [-0.3, -0.25) is 5.43 Å². The smallest absolute Gasteiger partial charge is 0.176 e. The summed E-state index contributed by atoms with van der Waals surface area (Å²) >= 11 is 0. The van der Waals surface area contributed by atoms with Crippen molar-refractivity contribution in [3.8, 4) is 0 Å². The van der Waals surface area contributed by atoms with Crippen molar-refractivity contribution in [3.63, 3.8) is 0 Å². The van der Waals surface area contributed by atoms with Crippen LogP contribution in [0.1, 0.15) is 30.8 Å². The Balaban J connectivity index is 1.82. The number of benzene rings is 1. The third-order valence-electron chi connectivity index (χ3n) is 4.11. The van der Waals surface area contributed by atoms with Crippen LogP contribution < -0.4 is 5.43 Å². The maximum Gasteiger partial charge on any atom is 0.176 e. The summed E-state index contributed by atoms with van der Waals surface area (Å²) in [6.07, 6.45) is 3.60. The molecule has 2 aromatic heterocycles. The highest BCUT2D eigenvalue weighted by atomic mass is 15.3. The van der Waals surface area contributed by atoms with Crippen LogP contribution in [0, 0.1) is 19.8 Å². The molecular weight excluding hydrogens is 298 g/mol. The van der Waals surface area contributed by atoms with Crippen molar-refractivity contribution >= 4 is 22.8 Å². The lowest BCUT2D eigenvalue weighted by atomic mass is 10.2. The van der Waals surface area contributed by atoms with E-state index in [1.807, 2.05) is 30.5 Å². The summed E-state index contributed by atoms with van der Waals surface area (Å²) in [7, 11) is 0. The first kappa shape index (κ1) is 16.2. The molecule has 0 aliphatic heterocycles. The van der Waals surface area contributed by atoms with Crippen molar-refractivity contribution in [2.75, 3.05) is 5.43 Å². The highest BCUT2D eigenvalue weighted by Crippen LogP contribution is 2.19. The van der Waals surface area contributed by atoms with Crippen molar-refractivity contribution < 1.29 is 0 Å². The fraction of sp³-hybridized carbons (Fsp3) is 0.316. The van der Waals surface area contributed by atoms with Crippen molar-refractivity contribution in [2.45, 2.75) is 34.2 Å². The second kappa shape index (κ2) is 6.83. The summed E-state index contributed by atoms with van der Waals surface area (Å²) in [5, 5.41) is 14.6. The fourth-order valence-electron chi connectivity index (χ4n) is 2.88. The second-order valence-corrected chi connectivity index (χ2v) is 6.48. The maximum atomic E-state index is 4.37. The Morgan fingerprint density at radius 3 is 2.83 bits per heavy atom. The van der Waals surface area contributed by atoms with Crippen LogP contribution in [-0.2, 0) is 6.54 Å². The van der Waals surface area contributed by atoms with Gasteiger partial charge in [-0.15, -0.1) is 5.10 Å². The zero-order valence-corrected chi connectivity index (χ0v) is 14.6. The first-order valence-corrected chi connectivity index (χ1v) is 8.22. The molecule has 0 aliphatic carbocycles. The molecule has 0 saturated heterocycles. The maximum absolute atomic E-state index is 4.37. The van der Waals surface area contributed by atoms with E-state index in [0.29, 0.717) is 11.7 Å². The van der Waals surface area contributed by atoms with Gasteiger partial charge in [0.05, 0.1) is 12.4 Å². The Kier molecular flexibility index (Phi) is 4.60. The number of hydrogen-bond donors (Lipinski definition) is 1. The zero-order chi connectivity index (χ0) is 17.1. The number of hydrazone groups is 1. The zero-order valence-electron chi connectivity index (χ0n) is 14.6. The molecule has 0 unspecified atom stereocenters. The van der Waals surface area contributed by atoms with Crippen molar-refractivity contribution in [2.24, 2.45) is 11.0 Å². The lowest BCUT2D eigenvalue weighted by Gasteiger charge is -2.11. The third-order valence-corrected chi connectivity index (χ3v) is 4.11. The average molecular weight is 321 g/mol. The van der Waals surface area contributed by atoms with E-state index >= 15 is 0 Å². The summed E-state index contributed by atoms with van der Waals surface area (Å²) < 4.78 is 2.34. The molecule has 0 fully saturated rings. The molecule has 24 heavy (non-hydrogen) atoms. The van der Waals surface area contributed by atoms with Crippen molar-refractivity contribution in [1.29, 1.82) is 0 Å². The minimum atomic E-state index is 0.615. The van der Waals surface area contributed by atoms with E-state index in [1.54, 1.807) is 6.20 Å². The molecule has 0 radical (unpaired) electrons. The van der Waals surface area contributed by atoms with Gasteiger partial charge in [-0.2, -0.15) is 10.2 Å². The lowest BCUT2D eigenvalue weighted by Crippen LogP contribution is -2.08. The van der Waals surface area contributed by atoms with Crippen molar-refractivity contribution in [3.05, 3.63) is 53.5 Å².